The van der Waals surface area contributed by atoms with Gasteiger partial charge in [0.2, 0.25) is 0 Å². The van der Waals surface area contributed by atoms with E-state index >= 15 is 0 Å². The molecule has 0 bridgehead atoms. The first kappa shape index (κ1) is 11.8. The van der Waals surface area contributed by atoms with Gasteiger partial charge in [0, 0.05) is 0 Å². The van der Waals surface area contributed by atoms with Gasteiger partial charge in [0.1, 0.15) is 5.60 Å². The zero-order chi connectivity index (χ0) is 12.8. The molecule has 0 fully saturated rings. The molecule has 1 amide bonds. The van der Waals surface area contributed by atoms with Gasteiger partial charge < -0.3 is 9.26 Å². The highest BCUT2D eigenvalue weighted by molar-refractivity contribution is 5.69. The summed E-state index contributed by atoms with van der Waals surface area (Å²) < 4.78 is 9.95. The van der Waals surface area contributed by atoms with Gasteiger partial charge in [-0.25, -0.2) is 14.7 Å². The van der Waals surface area contributed by atoms with E-state index in [1.54, 1.807) is 27.7 Å². The third-order valence-corrected chi connectivity index (χ3v) is 2.65. The molecule has 1 aliphatic heterocycles. The molecule has 0 spiro atoms. The second-order valence-corrected chi connectivity index (χ2v) is 5.17. The number of rotatable bonds is 0. The van der Waals surface area contributed by atoms with Crippen LogP contribution in [0.4, 0.5) is 4.79 Å². The fourth-order valence-electron chi connectivity index (χ4n) is 1.89. The third-order valence-electron chi connectivity index (χ3n) is 2.65. The number of ether oxygens (including phenoxy) is 1. The molecule has 0 aromatic carbocycles. The fraction of sp³-hybridized carbons (Fsp3) is 0.636. The number of aromatic nitrogens is 1. The van der Waals surface area contributed by atoms with E-state index in [1.807, 2.05) is 0 Å². The maximum atomic E-state index is 11.9. The van der Waals surface area contributed by atoms with E-state index in [9.17, 15) is 9.59 Å². The van der Waals surface area contributed by atoms with E-state index in [4.69, 9.17) is 4.74 Å². The van der Waals surface area contributed by atoms with Gasteiger partial charge in [0.15, 0.2) is 0 Å². The lowest BCUT2D eigenvalue weighted by Gasteiger charge is -2.26. The van der Waals surface area contributed by atoms with Crippen molar-refractivity contribution in [3.05, 3.63) is 21.7 Å². The van der Waals surface area contributed by atoms with Crippen LogP contribution >= 0.6 is 0 Å². The first-order chi connectivity index (χ1) is 7.79. The standard InChI is InChI=1S/C11H16N2O4/c1-6-8-7(12-17-9(8)14)5-13(6)10(15)16-11(2,3)4/h6,12H,5H2,1-4H3. The van der Waals surface area contributed by atoms with Gasteiger partial charge in [-0.1, -0.05) is 0 Å². The van der Waals surface area contributed by atoms with Crippen molar-refractivity contribution in [2.24, 2.45) is 0 Å². The van der Waals surface area contributed by atoms with Crippen molar-refractivity contribution in [3.8, 4) is 0 Å². The maximum Gasteiger partial charge on any atom is 0.411 e. The van der Waals surface area contributed by atoms with Crippen LogP contribution in [0.15, 0.2) is 9.32 Å². The zero-order valence-electron chi connectivity index (χ0n) is 10.4. The highest BCUT2D eigenvalue weighted by Crippen LogP contribution is 2.31. The summed E-state index contributed by atoms with van der Waals surface area (Å²) in [6, 6.07) is -0.317. The minimum atomic E-state index is -0.544. The number of fused-ring (bicyclic) bond motifs is 1. The molecule has 1 aliphatic rings. The van der Waals surface area contributed by atoms with Gasteiger partial charge in [0.05, 0.1) is 23.8 Å². The average Bonchev–Trinajstić information content (AvgIpc) is 2.66. The average molecular weight is 240 g/mol. The predicted octanol–water partition coefficient (Wildman–Crippen LogP) is 1.78. The van der Waals surface area contributed by atoms with Crippen molar-refractivity contribution in [3.63, 3.8) is 0 Å². The number of hydrogen-bond acceptors (Lipinski definition) is 4. The molecule has 17 heavy (non-hydrogen) atoms. The molecule has 1 unspecified atom stereocenters. The number of amides is 1. The normalized spacial score (nSPS) is 19.3. The van der Waals surface area contributed by atoms with Crippen molar-refractivity contribution < 1.29 is 14.1 Å². The van der Waals surface area contributed by atoms with Gasteiger partial charge >= 0.3 is 11.7 Å². The van der Waals surface area contributed by atoms with E-state index < -0.39 is 17.3 Å². The summed E-state index contributed by atoms with van der Waals surface area (Å²) in [6.45, 7) is 7.51. The Balaban J connectivity index is 2.18. The minimum absolute atomic E-state index is 0.317. The van der Waals surface area contributed by atoms with Crippen LogP contribution in [-0.4, -0.2) is 21.8 Å². The summed E-state index contributed by atoms with van der Waals surface area (Å²) in [6.07, 6.45) is -0.422. The Morgan fingerprint density at radius 1 is 1.53 bits per heavy atom. The second-order valence-electron chi connectivity index (χ2n) is 5.17. The lowest BCUT2D eigenvalue weighted by Crippen LogP contribution is -2.35. The Bertz CT molecular complexity index is 494. The number of nitrogens with one attached hydrogen (secondary N) is 1. The quantitative estimate of drug-likeness (QED) is 0.750. The third kappa shape index (κ3) is 2.07. The number of nitrogens with zero attached hydrogens (tertiary/aromatic N) is 1. The van der Waals surface area contributed by atoms with Crippen LogP contribution in [-0.2, 0) is 11.3 Å². The molecular formula is C11H16N2O4. The van der Waals surface area contributed by atoms with E-state index in [0.29, 0.717) is 17.8 Å². The van der Waals surface area contributed by atoms with E-state index in [1.165, 1.54) is 4.90 Å². The molecular weight excluding hydrogens is 224 g/mol. The van der Waals surface area contributed by atoms with Crippen LogP contribution in [0.2, 0.25) is 0 Å². The van der Waals surface area contributed by atoms with Gasteiger partial charge in [-0.05, 0) is 27.7 Å². The molecule has 0 saturated heterocycles. The molecule has 1 aromatic rings. The monoisotopic (exact) mass is 240 g/mol. The number of aromatic amines is 1. The summed E-state index contributed by atoms with van der Waals surface area (Å²) in [5.41, 5.74) is 0.195. The molecule has 0 saturated carbocycles. The van der Waals surface area contributed by atoms with Gasteiger partial charge in [-0.3, -0.25) is 4.90 Å². The molecule has 94 valence electrons. The first-order valence-electron chi connectivity index (χ1n) is 5.49. The molecule has 1 atom stereocenters. The smallest absolute Gasteiger partial charge is 0.411 e. The van der Waals surface area contributed by atoms with Crippen LogP contribution in [0.1, 0.15) is 45.0 Å². The summed E-state index contributed by atoms with van der Waals surface area (Å²) in [4.78, 5) is 24.8. The van der Waals surface area contributed by atoms with Gasteiger partial charge in [0.25, 0.3) is 0 Å². The molecule has 6 nitrogen and oxygen atoms in total. The van der Waals surface area contributed by atoms with E-state index in [-0.39, 0.29) is 6.04 Å². The maximum absolute atomic E-state index is 11.9. The van der Waals surface area contributed by atoms with Crippen molar-refractivity contribution >= 4 is 6.09 Å². The Hall–Kier alpha value is -1.72. The molecule has 1 N–H and O–H groups in total. The van der Waals surface area contributed by atoms with E-state index in [0.717, 1.165) is 0 Å². The highest BCUT2D eigenvalue weighted by Gasteiger charge is 2.37. The topological polar surface area (TPSA) is 75.5 Å². The Kier molecular flexibility index (Phi) is 2.52. The number of H-pyrrole nitrogens is 1. The molecule has 2 heterocycles. The number of carbonyl (C=O) groups excluding carboxylic acids is 1. The summed E-state index contributed by atoms with van der Waals surface area (Å²) >= 11 is 0. The largest absolute Gasteiger partial charge is 0.444 e. The summed E-state index contributed by atoms with van der Waals surface area (Å²) in [5, 5.41) is 2.53. The number of hydrogen-bond donors (Lipinski definition) is 1. The predicted molar refractivity (Wildman–Crippen MR) is 59.5 cm³/mol. The second kappa shape index (κ2) is 3.65. The van der Waals surface area contributed by atoms with Crippen molar-refractivity contribution in [2.45, 2.75) is 45.9 Å². The summed E-state index contributed by atoms with van der Waals surface area (Å²) in [5.74, 6) is 0. The molecule has 1 aromatic heterocycles. The van der Waals surface area contributed by atoms with Crippen LogP contribution in [0.5, 0.6) is 0 Å². The minimum Gasteiger partial charge on any atom is -0.444 e. The SMILES string of the molecule is CC1c2c([nH]oc2=O)CN1C(=O)OC(C)(C)C. The van der Waals surface area contributed by atoms with Crippen LogP contribution in [0.3, 0.4) is 0 Å². The van der Waals surface area contributed by atoms with Crippen LogP contribution in [0.25, 0.3) is 0 Å². The fourth-order valence-corrected chi connectivity index (χ4v) is 1.89. The van der Waals surface area contributed by atoms with Crippen LogP contribution < -0.4 is 5.63 Å². The number of carbonyl (C=O) groups is 1. The van der Waals surface area contributed by atoms with Crippen molar-refractivity contribution in [2.75, 3.05) is 0 Å². The lowest BCUT2D eigenvalue weighted by atomic mass is 10.2. The Morgan fingerprint density at radius 2 is 2.18 bits per heavy atom. The van der Waals surface area contributed by atoms with E-state index in [2.05, 4.69) is 9.68 Å². The van der Waals surface area contributed by atoms with Gasteiger partial charge in [-0.2, -0.15) is 0 Å². The lowest BCUT2D eigenvalue weighted by molar-refractivity contribution is 0.0180. The zero-order valence-corrected chi connectivity index (χ0v) is 10.4. The Labute approximate surface area is 98.5 Å². The first-order valence-corrected chi connectivity index (χ1v) is 5.49. The molecule has 6 heteroatoms. The highest BCUT2D eigenvalue weighted by atomic mass is 16.6. The molecule has 0 radical (unpaired) electrons. The van der Waals surface area contributed by atoms with Crippen LogP contribution in [0, 0.1) is 0 Å². The molecule has 2 rings (SSSR count). The molecule has 0 aliphatic carbocycles. The Morgan fingerprint density at radius 3 is 2.71 bits per heavy atom. The van der Waals surface area contributed by atoms with Crippen molar-refractivity contribution in [1.82, 2.24) is 10.1 Å². The van der Waals surface area contributed by atoms with Crippen molar-refractivity contribution in [1.29, 1.82) is 0 Å². The summed E-state index contributed by atoms with van der Waals surface area (Å²) in [7, 11) is 0. The van der Waals surface area contributed by atoms with Gasteiger partial charge in [-0.15, -0.1) is 0 Å².